The van der Waals surface area contributed by atoms with Crippen LogP contribution in [0.5, 0.6) is 0 Å². The third-order valence-electron chi connectivity index (χ3n) is 2.75. The lowest BCUT2D eigenvalue weighted by Gasteiger charge is -2.30. The molecule has 0 amide bonds. The molecule has 1 aliphatic heterocycles. The Hall–Kier alpha value is 0.360. The SMILES string of the molecule is ClCC1CCCOC1c1ncc(Br)cc1Br. The molecule has 2 rings (SSSR count). The smallest absolute Gasteiger partial charge is 0.104 e. The fourth-order valence-corrected chi connectivity index (χ4v) is 3.47. The third kappa shape index (κ3) is 2.78. The minimum absolute atomic E-state index is 0.0220. The summed E-state index contributed by atoms with van der Waals surface area (Å²) in [5, 5.41) is 0. The lowest BCUT2D eigenvalue weighted by Crippen LogP contribution is -2.24. The van der Waals surface area contributed by atoms with Crippen molar-refractivity contribution in [2.24, 2.45) is 5.92 Å². The predicted octanol–water partition coefficient (Wildman–Crippen LogP) is 4.31. The van der Waals surface area contributed by atoms with Gasteiger partial charge in [-0.25, -0.2) is 0 Å². The van der Waals surface area contributed by atoms with Crippen LogP contribution in [0.15, 0.2) is 21.2 Å². The van der Waals surface area contributed by atoms with E-state index >= 15 is 0 Å². The summed E-state index contributed by atoms with van der Waals surface area (Å²) in [6.07, 6.45) is 4.01. The molecule has 1 aromatic heterocycles. The van der Waals surface area contributed by atoms with Crippen molar-refractivity contribution in [2.75, 3.05) is 12.5 Å². The molecular weight excluding hydrogens is 357 g/mol. The third-order valence-corrected chi connectivity index (χ3v) is 4.21. The van der Waals surface area contributed by atoms with Gasteiger partial charge in [-0.1, -0.05) is 0 Å². The second kappa shape index (κ2) is 5.80. The van der Waals surface area contributed by atoms with Crippen LogP contribution in [0.25, 0.3) is 0 Å². The largest absolute Gasteiger partial charge is 0.372 e. The zero-order valence-electron chi connectivity index (χ0n) is 8.63. The van der Waals surface area contributed by atoms with Crippen molar-refractivity contribution in [3.05, 3.63) is 26.9 Å². The zero-order chi connectivity index (χ0) is 11.5. The number of alkyl halides is 1. The van der Waals surface area contributed by atoms with Gasteiger partial charge in [0.2, 0.25) is 0 Å². The number of nitrogens with zero attached hydrogens (tertiary/aromatic N) is 1. The Balaban J connectivity index is 2.27. The first-order chi connectivity index (χ1) is 7.72. The van der Waals surface area contributed by atoms with Gasteiger partial charge in [0.05, 0.1) is 5.69 Å². The quantitative estimate of drug-likeness (QED) is 0.725. The molecule has 16 heavy (non-hydrogen) atoms. The van der Waals surface area contributed by atoms with Gasteiger partial charge in [-0.3, -0.25) is 4.98 Å². The highest BCUT2D eigenvalue weighted by atomic mass is 79.9. The van der Waals surface area contributed by atoms with Crippen LogP contribution in [0.2, 0.25) is 0 Å². The summed E-state index contributed by atoms with van der Waals surface area (Å²) in [4.78, 5) is 4.42. The van der Waals surface area contributed by atoms with Gasteiger partial charge >= 0.3 is 0 Å². The van der Waals surface area contributed by atoms with Gasteiger partial charge in [-0.05, 0) is 50.8 Å². The van der Waals surface area contributed by atoms with Crippen LogP contribution in [0, 0.1) is 5.92 Å². The second-order valence-corrected chi connectivity index (χ2v) is 5.95. The van der Waals surface area contributed by atoms with Crippen LogP contribution in [-0.4, -0.2) is 17.5 Å². The number of ether oxygens (including phenoxy) is 1. The molecule has 0 aliphatic carbocycles. The molecule has 2 heterocycles. The average molecular weight is 369 g/mol. The van der Waals surface area contributed by atoms with E-state index in [1.807, 2.05) is 6.07 Å². The van der Waals surface area contributed by atoms with Gasteiger partial charge in [0, 0.05) is 33.5 Å². The summed E-state index contributed by atoms with van der Waals surface area (Å²) < 4.78 is 7.73. The Bertz CT molecular complexity index is 375. The van der Waals surface area contributed by atoms with Crippen LogP contribution >= 0.6 is 43.5 Å². The normalized spacial score (nSPS) is 25.7. The minimum Gasteiger partial charge on any atom is -0.372 e. The van der Waals surface area contributed by atoms with Crippen LogP contribution in [0.1, 0.15) is 24.6 Å². The van der Waals surface area contributed by atoms with Gasteiger partial charge in [0.25, 0.3) is 0 Å². The first-order valence-electron chi connectivity index (χ1n) is 5.21. The fourth-order valence-electron chi connectivity index (χ4n) is 1.94. The number of halogens is 3. The van der Waals surface area contributed by atoms with Crippen molar-refractivity contribution in [3.8, 4) is 0 Å². The van der Waals surface area contributed by atoms with Gasteiger partial charge in [-0.15, -0.1) is 11.6 Å². The van der Waals surface area contributed by atoms with Gasteiger partial charge < -0.3 is 4.74 Å². The maximum Gasteiger partial charge on any atom is 0.104 e. The predicted molar refractivity (Wildman–Crippen MR) is 71.8 cm³/mol. The number of hydrogen-bond donors (Lipinski definition) is 0. The summed E-state index contributed by atoms with van der Waals surface area (Å²) >= 11 is 12.9. The molecule has 88 valence electrons. The summed E-state index contributed by atoms with van der Waals surface area (Å²) in [6.45, 7) is 0.794. The first-order valence-corrected chi connectivity index (χ1v) is 7.33. The van der Waals surface area contributed by atoms with Crippen LogP contribution < -0.4 is 0 Å². The van der Waals surface area contributed by atoms with Crippen LogP contribution in [-0.2, 0) is 4.74 Å². The van der Waals surface area contributed by atoms with Crippen molar-refractivity contribution < 1.29 is 4.74 Å². The van der Waals surface area contributed by atoms with Crippen LogP contribution in [0.3, 0.4) is 0 Å². The Morgan fingerprint density at radius 1 is 1.50 bits per heavy atom. The second-order valence-electron chi connectivity index (χ2n) is 3.87. The molecule has 2 nitrogen and oxygen atoms in total. The number of hydrogen-bond acceptors (Lipinski definition) is 2. The Labute approximate surface area is 117 Å². The Kier molecular flexibility index (Phi) is 4.65. The standard InChI is InChI=1S/C11H12Br2ClNO/c12-8-4-9(13)10(15-6-8)11-7(5-14)2-1-3-16-11/h4,6-7,11H,1-3,5H2. The molecule has 1 aliphatic rings. The van der Waals surface area contributed by atoms with Gasteiger partial charge in [0.1, 0.15) is 6.10 Å². The highest BCUT2D eigenvalue weighted by Crippen LogP contribution is 2.37. The molecule has 0 aromatic carbocycles. The van der Waals surface area contributed by atoms with E-state index < -0.39 is 0 Å². The highest BCUT2D eigenvalue weighted by molar-refractivity contribution is 9.11. The summed E-state index contributed by atoms with van der Waals surface area (Å²) in [5.74, 6) is 0.981. The lowest BCUT2D eigenvalue weighted by molar-refractivity contribution is -0.0238. The van der Waals surface area contributed by atoms with Gasteiger partial charge in [-0.2, -0.15) is 0 Å². The number of pyridine rings is 1. The molecule has 2 atom stereocenters. The monoisotopic (exact) mass is 367 g/mol. The molecule has 1 saturated heterocycles. The fraction of sp³-hybridized carbons (Fsp3) is 0.545. The van der Waals surface area contributed by atoms with Crippen molar-refractivity contribution in [2.45, 2.75) is 18.9 Å². The summed E-state index contributed by atoms with van der Waals surface area (Å²) in [5.41, 5.74) is 0.952. The Morgan fingerprint density at radius 3 is 3.00 bits per heavy atom. The molecule has 1 aromatic rings. The van der Waals surface area contributed by atoms with Crippen molar-refractivity contribution in [3.63, 3.8) is 0 Å². The van der Waals surface area contributed by atoms with Gasteiger partial charge in [0.15, 0.2) is 0 Å². The minimum atomic E-state index is 0.0220. The van der Waals surface area contributed by atoms with E-state index in [1.54, 1.807) is 6.20 Å². The van der Waals surface area contributed by atoms with E-state index in [-0.39, 0.29) is 6.10 Å². The highest BCUT2D eigenvalue weighted by Gasteiger charge is 2.29. The summed E-state index contributed by atoms with van der Waals surface area (Å²) in [7, 11) is 0. The zero-order valence-corrected chi connectivity index (χ0v) is 12.6. The van der Waals surface area contributed by atoms with E-state index in [2.05, 4.69) is 36.8 Å². The van der Waals surface area contributed by atoms with E-state index in [1.165, 1.54) is 0 Å². The first kappa shape index (κ1) is 12.8. The summed E-state index contributed by atoms with van der Waals surface area (Å²) in [6, 6.07) is 1.99. The maximum absolute atomic E-state index is 5.98. The number of aromatic nitrogens is 1. The van der Waals surface area contributed by atoms with Crippen molar-refractivity contribution in [1.29, 1.82) is 0 Å². The molecule has 0 saturated carbocycles. The van der Waals surface area contributed by atoms with Crippen LogP contribution in [0.4, 0.5) is 0 Å². The van der Waals surface area contributed by atoms with E-state index in [4.69, 9.17) is 16.3 Å². The van der Waals surface area contributed by atoms with E-state index in [0.29, 0.717) is 11.8 Å². The molecule has 5 heteroatoms. The molecule has 1 fully saturated rings. The van der Waals surface area contributed by atoms with Crippen molar-refractivity contribution >= 4 is 43.5 Å². The Morgan fingerprint density at radius 2 is 2.31 bits per heavy atom. The topological polar surface area (TPSA) is 22.1 Å². The molecule has 0 N–H and O–H groups in total. The number of rotatable bonds is 2. The maximum atomic E-state index is 5.98. The lowest BCUT2D eigenvalue weighted by atomic mass is 9.94. The van der Waals surface area contributed by atoms with E-state index in [0.717, 1.165) is 34.1 Å². The molecule has 0 spiro atoms. The molecule has 0 bridgehead atoms. The molecule has 0 radical (unpaired) electrons. The molecular formula is C11H12Br2ClNO. The average Bonchev–Trinajstić information content (AvgIpc) is 2.29. The molecule has 2 unspecified atom stereocenters. The van der Waals surface area contributed by atoms with E-state index in [9.17, 15) is 0 Å². The van der Waals surface area contributed by atoms with Crippen molar-refractivity contribution in [1.82, 2.24) is 4.98 Å².